The molecule has 25 heavy (non-hydrogen) atoms. The van der Waals surface area contributed by atoms with Gasteiger partial charge in [0, 0.05) is 9.50 Å². The normalized spacial score (nSPS) is 31.8. The standard InChI is InChI=1S/C23H26BrCl/c1-14-7-16-9-15(2)23(20(8-14)10-16)18-5-3-17(4-6-18)19-11-21(24)13-22(25)12-19/h3-6,11-16,20,23H,7-10H2,1-2H3. The van der Waals surface area contributed by atoms with Crippen molar-refractivity contribution in [1.82, 2.24) is 0 Å². The Morgan fingerprint density at radius 3 is 2.36 bits per heavy atom. The monoisotopic (exact) mass is 416 g/mol. The molecule has 5 unspecified atom stereocenters. The summed E-state index contributed by atoms with van der Waals surface area (Å²) in [6.07, 6.45) is 5.72. The van der Waals surface area contributed by atoms with Gasteiger partial charge in [0.05, 0.1) is 0 Å². The molecule has 2 fully saturated rings. The first-order chi connectivity index (χ1) is 12.0. The Balaban J connectivity index is 1.61. The van der Waals surface area contributed by atoms with E-state index < -0.39 is 0 Å². The lowest BCUT2D eigenvalue weighted by atomic mass is 9.59. The second-order valence-electron chi connectivity index (χ2n) is 8.46. The average molecular weight is 418 g/mol. The Labute approximate surface area is 165 Å². The Bertz CT molecular complexity index is 727. The molecule has 132 valence electrons. The van der Waals surface area contributed by atoms with Crippen LogP contribution >= 0.6 is 27.5 Å². The molecule has 2 bridgehead atoms. The van der Waals surface area contributed by atoms with Crippen molar-refractivity contribution in [3.63, 3.8) is 0 Å². The first kappa shape index (κ1) is 17.6. The topological polar surface area (TPSA) is 0 Å². The van der Waals surface area contributed by atoms with Gasteiger partial charge in [0.1, 0.15) is 0 Å². The van der Waals surface area contributed by atoms with E-state index >= 15 is 0 Å². The maximum Gasteiger partial charge on any atom is 0.0423 e. The SMILES string of the molecule is CC1CC2CC(C)C(c3ccc(-c4cc(Cl)cc(Br)c4)cc3)C(C1)C2. The van der Waals surface area contributed by atoms with Gasteiger partial charge in [-0.15, -0.1) is 0 Å². The first-order valence-electron chi connectivity index (χ1n) is 9.56. The van der Waals surface area contributed by atoms with Crippen molar-refractivity contribution >= 4 is 27.5 Å². The minimum Gasteiger partial charge on any atom is -0.0843 e. The minimum absolute atomic E-state index is 0.735. The van der Waals surface area contributed by atoms with Crippen LogP contribution in [0.5, 0.6) is 0 Å². The summed E-state index contributed by atoms with van der Waals surface area (Å²) in [5.41, 5.74) is 3.95. The van der Waals surface area contributed by atoms with Crippen LogP contribution < -0.4 is 0 Å². The predicted octanol–water partition coefficient (Wildman–Crippen LogP) is 7.95. The molecule has 0 nitrogen and oxygen atoms in total. The van der Waals surface area contributed by atoms with Crippen LogP contribution in [0.1, 0.15) is 51.0 Å². The fraction of sp³-hybridized carbons (Fsp3) is 0.478. The summed E-state index contributed by atoms with van der Waals surface area (Å²) in [4.78, 5) is 0. The number of hydrogen-bond acceptors (Lipinski definition) is 0. The number of fused-ring (bicyclic) bond motifs is 2. The maximum atomic E-state index is 6.21. The minimum atomic E-state index is 0.735. The van der Waals surface area contributed by atoms with E-state index in [1.165, 1.54) is 42.4 Å². The van der Waals surface area contributed by atoms with Crippen molar-refractivity contribution in [1.29, 1.82) is 0 Å². The highest BCUT2D eigenvalue weighted by Gasteiger charge is 2.40. The van der Waals surface area contributed by atoms with E-state index in [1.54, 1.807) is 0 Å². The fourth-order valence-electron chi connectivity index (χ4n) is 5.64. The molecule has 4 rings (SSSR count). The van der Waals surface area contributed by atoms with Crippen LogP contribution in [0.4, 0.5) is 0 Å². The van der Waals surface area contributed by atoms with Crippen LogP contribution in [-0.4, -0.2) is 0 Å². The lowest BCUT2D eigenvalue weighted by Gasteiger charge is -2.46. The zero-order valence-electron chi connectivity index (χ0n) is 15.0. The quantitative estimate of drug-likeness (QED) is 0.465. The summed E-state index contributed by atoms with van der Waals surface area (Å²) in [6, 6.07) is 15.4. The molecule has 0 radical (unpaired) electrons. The molecule has 0 amide bonds. The number of rotatable bonds is 2. The molecule has 0 heterocycles. The largest absolute Gasteiger partial charge is 0.0843 e. The second-order valence-corrected chi connectivity index (χ2v) is 9.81. The van der Waals surface area contributed by atoms with Crippen molar-refractivity contribution in [2.24, 2.45) is 23.7 Å². The van der Waals surface area contributed by atoms with Gasteiger partial charge in [-0.3, -0.25) is 0 Å². The van der Waals surface area contributed by atoms with Crippen molar-refractivity contribution in [2.75, 3.05) is 0 Å². The summed E-state index contributed by atoms with van der Waals surface area (Å²) in [5.74, 6) is 4.30. The maximum absolute atomic E-state index is 6.21. The van der Waals surface area contributed by atoms with E-state index in [2.05, 4.69) is 60.1 Å². The summed E-state index contributed by atoms with van der Waals surface area (Å²) < 4.78 is 1.03. The molecular weight excluding hydrogens is 392 g/mol. The highest BCUT2D eigenvalue weighted by molar-refractivity contribution is 9.10. The second kappa shape index (κ2) is 7.08. The summed E-state index contributed by atoms with van der Waals surface area (Å²) in [7, 11) is 0. The Kier molecular flexibility index (Phi) is 4.99. The summed E-state index contributed by atoms with van der Waals surface area (Å²) in [6.45, 7) is 4.92. The molecule has 2 heteroatoms. The smallest absolute Gasteiger partial charge is 0.0423 e. The van der Waals surface area contributed by atoms with Crippen molar-refractivity contribution in [3.8, 4) is 11.1 Å². The summed E-state index contributed by atoms with van der Waals surface area (Å²) in [5, 5.41) is 0.775. The van der Waals surface area contributed by atoms with E-state index in [0.29, 0.717) is 0 Å². The van der Waals surface area contributed by atoms with Gasteiger partial charge in [0.25, 0.3) is 0 Å². The van der Waals surface area contributed by atoms with Gasteiger partial charge < -0.3 is 0 Å². The van der Waals surface area contributed by atoms with Crippen LogP contribution in [0.25, 0.3) is 11.1 Å². The zero-order chi connectivity index (χ0) is 17.6. The lowest BCUT2D eigenvalue weighted by molar-refractivity contribution is 0.0854. The highest BCUT2D eigenvalue weighted by Crippen LogP contribution is 2.52. The molecule has 2 aliphatic rings. The summed E-state index contributed by atoms with van der Waals surface area (Å²) >= 11 is 9.76. The average Bonchev–Trinajstić information content (AvgIpc) is 2.53. The van der Waals surface area contributed by atoms with Crippen LogP contribution in [0.3, 0.4) is 0 Å². The molecule has 0 spiro atoms. The molecule has 2 aromatic carbocycles. The molecular formula is C23H26BrCl. The molecule has 2 aliphatic carbocycles. The molecule has 0 N–H and O–H groups in total. The molecule has 2 saturated carbocycles. The van der Waals surface area contributed by atoms with E-state index in [4.69, 9.17) is 11.6 Å². The first-order valence-corrected chi connectivity index (χ1v) is 10.7. The van der Waals surface area contributed by atoms with Crippen LogP contribution in [0.15, 0.2) is 46.9 Å². The van der Waals surface area contributed by atoms with Gasteiger partial charge in [0.15, 0.2) is 0 Å². The zero-order valence-corrected chi connectivity index (χ0v) is 17.4. The van der Waals surface area contributed by atoms with E-state index in [1.807, 2.05) is 12.1 Å². The highest BCUT2D eigenvalue weighted by atomic mass is 79.9. The third-order valence-corrected chi connectivity index (χ3v) is 7.07. The van der Waals surface area contributed by atoms with Crippen molar-refractivity contribution < 1.29 is 0 Å². The van der Waals surface area contributed by atoms with Gasteiger partial charge in [-0.25, -0.2) is 0 Å². The van der Waals surface area contributed by atoms with Crippen molar-refractivity contribution in [3.05, 3.63) is 57.5 Å². The van der Waals surface area contributed by atoms with Crippen LogP contribution in [0.2, 0.25) is 5.02 Å². The molecule has 2 aromatic rings. The van der Waals surface area contributed by atoms with Gasteiger partial charge >= 0.3 is 0 Å². The molecule has 0 aliphatic heterocycles. The Morgan fingerprint density at radius 2 is 1.64 bits per heavy atom. The molecule has 5 atom stereocenters. The predicted molar refractivity (Wildman–Crippen MR) is 111 cm³/mol. The fourth-order valence-corrected chi connectivity index (χ4v) is 6.50. The third-order valence-electron chi connectivity index (χ3n) is 6.39. The van der Waals surface area contributed by atoms with E-state index in [9.17, 15) is 0 Å². The van der Waals surface area contributed by atoms with Gasteiger partial charge in [-0.1, -0.05) is 65.6 Å². The van der Waals surface area contributed by atoms with Crippen molar-refractivity contribution in [2.45, 2.75) is 45.4 Å². The van der Waals surface area contributed by atoms with Gasteiger partial charge in [-0.05, 0) is 90.2 Å². The Morgan fingerprint density at radius 1 is 0.880 bits per heavy atom. The molecule has 0 saturated heterocycles. The Hall–Kier alpha value is -0.790. The van der Waals surface area contributed by atoms with Gasteiger partial charge in [0.2, 0.25) is 0 Å². The van der Waals surface area contributed by atoms with E-state index in [-0.39, 0.29) is 0 Å². The lowest BCUT2D eigenvalue weighted by Crippen LogP contribution is -2.35. The molecule has 0 aromatic heterocycles. The number of hydrogen-bond donors (Lipinski definition) is 0. The van der Waals surface area contributed by atoms with Crippen LogP contribution in [-0.2, 0) is 0 Å². The van der Waals surface area contributed by atoms with Gasteiger partial charge in [-0.2, -0.15) is 0 Å². The number of halogens is 2. The van der Waals surface area contributed by atoms with Crippen LogP contribution in [0, 0.1) is 23.7 Å². The number of benzene rings is 2. The van der Waals surface area contributed by atoms with E-state index in [0.717, 1.165) is 39.1 Å². The third kappa shape index (κ3) is 3.69.